The first-order chi connectivity index (χ1) is 6.28. The molecule has 2 nitrogen and oxygen atoms in total. The van der Waals surface area contributed by atoms with E-state index in [1.54, 1.807) is 0 Å². The highest BCUT2D eigenvalue weighted by Gasteiger charge is 2.40. The minimum atomic E-state index is 0.184. The first-order valence-electron chi connectivity index (χ1n) is 5.44. The van der Waals surface area contributed by atoms with Gasteiger partial charge in [0, 0.05) is 11.7 Å². The van der Waals surface area contributed by atoms with Gasteiger partial charge in [0.25, 0.3) is 0 Å². The summed E-state index contributed by atoms with van der Waals surface area (Å²) in [6.45, 7) is 14.6. The van der Waals surface area contributed by atoms with E-state index in [0.717, 1.165) is 6.67 Å². The third kappa shape index (κ3) is 1.68. The largest absolute Gasteiger partial charge is 0.358 e. The number of hydrogen-bond donors (Lipinski definition) is 0. The van der Waals surface area contributed by atoms with Crippen LogP contribution in [-0.4, -0.2) is 35.1 Å². The quantitative estimate of drug-likeness (QED) is 0.636. The molecule has 0 aliphatic carbocycles. The molecule has 0 unspecified atom stereocenters. The molecule has 1 heterocycles. The van der Waals surface area contributed by atoms with E-state index in [1.807, 2.05) is 0 Å². The Hall–Kier alpha value is -0.500. The van der Waals surface area contributed by atoms with Gasteiger partial charge in [-0.25, -0.2) is 0 Å². The molecule has 0 amide bonds. The summed E-state index contributed by atoms with van der Waals surface area (Å²) in [5.74, 6) is 0. The molecule has 0 atom stereocenters. The Kier molecular flexibility index (Phi) is 2.96. The molecule has 0 spiro atoms. The maximum absolute atomic E-state index is 2.50. The maximum atomic E-state index is 2.50. The molecule has 1 aliphatic rings. The summed E-state index contributed by atoms with van der Waals surface area (Å²) < 4.78 is 0. The lowest BCUT2D eigenvalue weighted by molar-refractivity contribution is 0.207. The Balaban J connectivity index is 3.12. The van der Waals surface area contributed by atoms with Gasteiger partial charge in [0.2, 0.25) is 0 Å². The first kappa shape index (κ1) is 11.6. The number of hydrogen-bond acceptors (Lipinski definition) is 2. The van der Waals surface area contributed by atoms with Crippen molar-refractivity contribution in [2.45, 2.75) is 53.1 Å². The van der Waals surface area contributed by atoms with Crippen molar-refractivity contribution in [3.8, 4) is 0 Å². The predicted octanol–water partition coefficient (Wildman–Crippen LogP) is 2.67. The highest BCUT2D eigenvalue weighted by Crippen LogP contribution is 2.36. The average Bonchev–Trinajstić information content (AvgIpc) is 2.23. The van der Waals surface area contributed by atoms with E-state index in [4.69, 9.17) is 0 Å². The zero-order chi connectivity index (χ0) is 11.1. The average molecular weight is 196 g/mol. The van der Waals surface area contributed by atoms with Crippen LogP contribution in [0.3, 0.4) is 0 Å². The van der Waals surface area contributed by atoms with Crippen LogP contribution in [0.4, 0.5) is 0 Å². The summed E-state index contributed by atoms with van der Waals surface area (Å²) in [5, 5.41) is 0. The predicted molar refractivity (Wildman–Crippen MR) is 62.1 cm³/mol. The van der Waals surface area contributed by atoms with Crippen molar-refractivity contribution in [3.05, 3.63) is 11.3 Å². The van der Waals surface area contributed by atoms with Crippen LogP contribution in [-0.2, 0) is 0 Å². The molecule has 0 aromatic carbocycles. The van der Waals surface area contributed by atoms with Crippen molar-refractivity contribution < 1.29 is 0 Å². The van der Waals surface area contributed by atoms with Gasteiger partial charge in [0.15, 0.2) is 0 Å². The molecule has 0 saturated carbocycles. The standard InChI is InChI=1S/C12H24N2/c1-9(2)11-12(5,6)13(7)8-14(11)10(3)4/h10H,8H2,1-7H3. The monoisotopic (exact) mass is 196 g/mol. The fourth-order valence-corrected chi connectivity index (χ4v) is 2.33. The zero-order valence-corrected chi connectivity index (χ0v) is 10.7. The van der Waals surface area contributed by atoms with Crippen molar-refractivity contribution in [3.63, 3.8) is 0 Å². The van der Waals surface area contributed by atoms with Crippen LogP contribution in [0.15, 0.2) is 11.3 Å². The van der Waals surface area contributed by atoms with Crippen LogP contribution >= 0.6 is 0 Å². The van der Waals surface area contributed by atoms with E-state index in [2.05, 4.69) is 58.4 Å². The SMILES string of the molecule is CC(C)=C1N(C(C)C)CN(C)C1(C)C. The van der Waals surface area contributed by atoms with Gasteiger partial charge >= 0.3 is 0 Å². The molecular formula is C12H24N2. The smallest absolute Gasteiger partial charge is 0.0712 e. The van der Waals surface area contributed by atoms with Gasteiger partial charge in [-0.2, -0.15) is 0 Å². The summed E-state index contributed by atoms with van der Waals surface area (Å²) in [6, 6.07) is 0.587. The Bertz CT molecular complexity index is 247. The Morgan fingerprint density at radius 3 is 2.07 bits per heavy atom. The van der Waals surface area contributed by atoms with Crippen LogP contribution in [0.5, 0.6) is 0 Å². The maximum Gasteiger partial charge on any atom is 0.0712 e. The van der Waals surface area contributed by atoms with Gasteiger partial charge in [-0.3, -0.25) is 4.90 Å². The van der Waals surface area contributed by atoms with Gasteiger partial charge < -0.3 is 4.90 Å². The lowest BCUT2D eigenvalue weighted by Gasteiger charge is -2.31. The number of rotatable bonds is 1. The van der Waals surface area contributed by atoms with Crippen LogP contribution in [0.2, 0.25) is 0 Å². The molecule has 0 N–H and O–H groups in total. The van der Waals surface area contributed by atoms with E-state index < -0.39 is 0 Å². The topological polar surface area (TPSA) is 6.48 Å². The third-order valence-corrected chi connectivity index (χ3v) is 3.28. The number of likely N-dealkylation sites (N-methyl/N-ethyl adjacent to an activating group) is 1. The highest BCUT2D eigenvalue weighted by molar-refractivity contribution is 5.25. The molecule has 0 radical (unpaired) electrons. The molecule has 1 aliphatic heterocycles. The summed E-state index contributed by atoms with van der Waals surface area (Å²) in [4.78, 5) is 4.91. The lowest BCUT2D eigenvalue weighted by Crippen LogP contribution is -2.36. The molecule has 1 fully saturated rings. The molecule has 1 saturated heterocycles. The number of allylic oxidation sites excluding steroid dienone is 1. The van der Waals surface area contributed by atoms with Crippen LogP contribution in [0.25, 0.3) is 0 Å². The lowest BCUT2D eigenvalue weighted by atomic mass is 9.96. The minimum absolute atomic E-state index is 0.184. The van der Waals surface area contributed by atoms with Gasteiger partial charge in [-0.1, -0.05) is 5.57 Å². The van der Waals surface area contributed by atoms with Gasteiger partial charge in [-0.15, -0.1) is 0 Å². The Labute approximate surface area is 88.6 Å². The van der Waals surface area contributed by atoms with Crippen LogP contribution in [0, 0.1) is 0 Å². The molecule has 14 heavy (non-hydrogen) atoms. The second-order valence-electron chi connectivity index (χ2n) is 5.31. The summed E-state index contributed by atoms with van der Waals surface area (Å²) in [7, 11) is 2.20. The van der Waals surface area contributed by atoms with E-state index in [0.29, 0.717) is 6.04 Å². The molecule has 0 bridgehead atoms. The van der Waals surface area contributed by atoms with Crippen LogP contribution < -0.4 is 0 Å². The molecule has 82 valence electrons. The van der Waals surface area contributed by atoms with E-state index in [-0.39, 0.29) is 5.54 Å². The van der Waals surface area contributed by atoms with E-state index >= 15 is 0 Å². The minimum Gasteiger partial charge on any atom is -0.358 e. The van der Waals surface area contributed by atoms with Crippen molar-refractivity contribution in [1.29, 1.82) is 0 Å². The van der Waals surface area contributed by atoms with Gasteiger partial charge in [0.1, 0.15) is 0 Å². The summed E-state index contributed by atoms with van der Waals surface area (Å²) in [6.07, 6.45) is 0. The van der Waals surface area contributed by atoms with Crippen molar-refractivity contribution in [2.75, 3.05) is 13.7 Å². The van der Waals surface area contributed by atoms with E-state index in [1.165, 1.54) is 11.3 Å². The second kappa shape index (κ2) is 3.58. The van der Waals surface area contributed by atoms with E-state index in [9.17, 15) is 0 Å². The summed E-state index contributed by atoms with van der Waals surface area (Å²) in [5.41, 5.74) is 3.12. The molecule has 0 aromatic rings. The molecule has 2 heteroatoms. The van der Waals surface area contributed by atoms with Gasteiger partial charge in [-0.05, 0) is 48.6 Å². The van der Waals surface area contributed by atoms with Crippen molar-refractivity contribution in [1.82, 2.24) is 9.80 Å². The second-order valence-corrected chi connectivity index (χ2v) is 5.31. The van der Waals surface area contributed by atoms with Crippen LogP contribution in [0.1, 0.15) is 41.5 Å². The molecule has 1 rings (SSSR count). The Morgan fingerprint density at radius 1 is 1.29 bits per heavy atom. The fourth-order valence-electron chi connectivity index (χ4n) is 2.33. The summed E-state index contributed by atoms with van der Waals surface area (Å²) >= 11 is 0. The molecular weight excluding hydrogens is 172 g/mol. The normalized spacial score (nSPS) is 22.3. The Morgan fingerprint density at radius 2 is 1.79 bits per heavy atom. The molecule has 0 aromatic heterocycles. The third-order valence-electron chi connectivity index (χ3n) is 3.28. The van der Waals surface area contributed by atoms with Crippen molar-refractivity contribution in [2.24, 2.45) is 0 Å². The zero-order valence-electron chi connectivity index (χ0n) is 10.7. The van der Waals surface area contributed by atoms with Gasteiger partial charge in [0.05, 0.1) is 12.2 Å². The number of nitrogens with zero attached hydrogens (tertiary/aromatic N) is 2. The van der Waals surface area contributed by atoms with Crippen molar-refractivity contribution >= 4 is 0 Å². The highest BCUT2D eigenvalue weighted by atomic mass is 15.4. The first-order valence-corrected chi connectivity index (χ1v) is 5.44. The fraction of sp³-hybridized carbons (Fsp3) is 0.833.